The lowest BCUT2D eigenvalue weighted by Gasteiger charge is -2.18. The fraction of sp³-hybridized carbons (Fsp3) is 0.440. The molecule has 0 aliphatic rings. The van der Waals surface area contributed by atoms with Gasteiger partial charge in [0.25, 0.3) is 5.91 Å². The zero-order chi connectivity index (χ0) is 22.8. The molecule has 0 fully saturated rings. The highest BCUT2D eigenvalue weighted by Gasteiger charge is 2.10. The van der Waals surface area contributed by atoms with Gasteiger partial charge in [0.1, 0.15) is 5.75 Å². The molecule has 0 saturated heterocycles. The van der Waals surface area contributed by atoms with E-state index in [0.29, 0.717) is 18.7 Å². The number of nitrogens with one attached hydrogen (secondary N) is 2. The number of hydrogen-bond acceptors (Lipinski definition) is 3. The Labute approximate surface area is 209 Å². The fourth-order valence-corrected chi connectivity index (χ4v) is 2.92. The molecule has 0 aliphatic heterocycles. The molecule has 0 aromatic heterocycles. The Morgan fingerprint density at radius 2 is 1.78 bits per heavy atom. The van der Waals surface area contributed by atoms with E-state index in [1.165, 1.54) is 5.56 Å². The molecule has 0 aliphatic carbocycles. The van der Waals surface area contributed by atoms with Gasteiger partial charge in [-0.25, -0.2) is 4.99 Å². The van der Waals surface area contributed by atoms with Crippen LogP contribution in [0.5, 0.6) is 5.75 Å². The van der Waals surface area contributed by atoms with Gasteiger partial charge in [0.2, 0.25) is 0 Å². The highest BCUT2D eigenvalue weighted by molar-refractivity contribution is 14.0. The molecular formula is C25H37IN4O2. The number of carbonyl (C=O) groups is 1. The predicted octanol–water partition coefficient (Wildman–Crippen LogP) is 4.75. The Morgan fingerprint density at radius 3 is 2.38 bits per heavy atom. The molecular weight excluding hydrogens is 515 g/mol. The number of guanidine groups is 1. The summed E-state index contributed by atoms with van der Waals surface area (Å²) < 4.78 is 6.11. The molecule has 1 unspecified atom stereocenters. The van der Waals surface area contributed by atoms with Crippen molar-refractivity contribution in [2.75, 3.05) is 20.6 Å². The number of aryl methyl sites for hydroxylation is 1. The largest absolute Gasteiger partial charge is 0.490 e. The van der Waals surface area contributed by atoms with Gasteiger partial charge >= 0.3 is 0 Å². The second-order valence-corrected chi connectivity index (χ2v) is 7.89. The number of halogens is 1. The summed E-state index contributed by atoms with van der Waals surface area (Å²) in [7, 11) is 3.50. The molecule has 2 rings (SSSR count). The molecule has 176 valence electrons. The summed E-state index contributed by atoms with van der Waals surface area (Å²) in [6.45, 7) is 10.2. The van der Waals surface area contributed by atoms with Gasteiger partial charge in [-0.05, 0) is 56.5 Å². The van der Waals surface area contributed by atoms with E-state index in [9.17, 15) is 4.79 Å². The van der Waals surface area contributed by atoms with Crippen LogP contribution in [0.15, 0.2) is 47.5 Å². The van der Waals surface area contributed by atoms with Crippen LogP contribution in [-0.2, 0) is 13.1 Å². The van der Waals surface area contributed by atoms with Gasteiger partial charge < -0.3 is 20.3 Å². The molecule has 2 aromatic carbocycles. The number of aliphatic imine (C=N–C) groups is 1. The zero-order valence-corrected chi connectivity index (χ0v) is 22.4. The molecule has 0 radical (unpaired) electrons. The summed E-state index contributed by atoms with van der Waals surface area (Å²) in [4.78, 5) is 18.3. The number of ether oxygens (including phenoxy) is 1. The number of amides is 1. The molecule has 2 N–H and O–H groups in total. The smallest absolute Gasteiger partial charge is 0.253 e. The predicted molar refractivity (Wildman–Crippen MR) is 143 cm³/mol. The van der Waals surface area contributed by atoms with Crippen molar-refractivity contribution in [3.8, 4) is 5.75 Å². The molecule has 0 saturated carbocycles. The van der Waals surface area contributed by atoms with Gasteiger partial charge in [0.05, 0.1) is 12.6 Å². The summed E-state index contributed by atoms with van der Waals surface area (Å²) >= 11 is 0. The van der Waals surface area contributed by atoms with Gasteiger partial charge in [-0.1, -0.05) is 31.2 Å². The van der Waals surface area contributed by atoms with Crippen molar-refractivity contribution < 1.29 is 9.53 Å². The maximum Gasteiger partial charge on any atom is 0.253 e. The molecule has 6 nitrogen and oxygen atoms in total. The Bertz CT molecular complexity index is 882. The van der Waals surface area contributed by atoms with Gasteiger partial charge in [0, 0.05) is 38.3 Å². The van der Waals surface area contributed by atoms with Crippen LogP contribution in [0, 0.1) is 6.92 Å². The minimum Gasteiger partial charge on any atom is -0.490 e. The van der Waals surface area contributed by atoms with Gasteiger partial charge in [-0.15, -0.1) is 24.0 Å². The van der Waals surface area contributed by atoms with E-state index >= 15 is 0 Å². The first-order valence-corrected chi connectivity index (χ1v) is 10.9. The van der Waals surface area contributed by atoms with Crippen molar-refractivity contribution >= 4 is 35.8 Å². The van der Waals surface area contributed by atoms with Crippen LogP contribution in [-0.4, -0.2) is 43.5 Å². The molecule has 0 bridgehead atoms. The Morgan fingerprint density at radius 1 is 1.09 bits per heavy atom. The number of benzene rings is 2. The third kappa shape index (κ3) is 8.68. The summed E-state index contributed by atoms with van der Waals surface area (Å²) in [5.74, 6) is 1.66. The number of nitrogens with zero attached hydrogens (tertiary/aromatic N) is 2. The summed E-state index contributed by atoms with van der Waals surface area (Å²) in [6.07, 6.45) is 1.13. The van der Waals surface area contributed by atoms with Gasteiger partial charge in [0.15, 0.2) is 5.96 Å². The van der Waals surface area contributed by atoms with Gasteiger partial charge in [-0.3, -0.25) is 4.79 Å². The van der Waals surface area contributed by atoms with Crippen molar-refractivity contribution in [1.29, 1.82) is 0 Å². The lowest BCUT2D eigenvalue weighted by atomic mass is 10.1. The van der Waals surface area contributed by atoms with Crippen LogP contribution >= 0.6 is 24.0 Å². The first kappa shape index (κ1) is 27.7. The van der Waals surface area contributed by atoms with Crippen molar-refractivity contribution in [2.24, 2.45) is 4.99 Å². The van der Waals surface area contributed by atoms with Crippen LogP contribution in [0.3, 0.4) is 0 Å². The molecule has 1 atom stereocenters. The third-order valence-corrected chi connectivity index (χ3v) is 4.94. The minimum atomic E-state index is -0.00133. The van der Waals surface area contributed by atoms with Crippen LogP contribution in [0.25, 0.3) is 0 Å². The van der Waals surface area contributed by atoms with Crippen molar-refractivity contribution in [3.63, 3.8) is 0 Å². The SMILES string of the molecule is CCNC(=NCc1ccc(C(=O)N(C)C)cc1)NCc1ccc(C)cc1OC(C)CC.I. The quantitative estimate of drug-likeness (QED) is 0.268. The van der Waals surface area contributed by atoms with E-state index in [1.54, 1.807) is 19.0 Å². The summed E-state index contributed by atoms with van der Waals surface area (Å²) in [6, 6.07) is 13.9. The fourth-order valence-electron chi connectivity index (χ4n) is 2.92. The van der Waals surface area contributed by atoms with E-state index in [2.05, 4.69) is 49.6 Å². The second kappa shape index (κ2) is 14.0. The van der Waals surface area contributed by atoms with Gasteiger partial charge in [-0.2, -0.15) is 0 Å². The van der Waals surface area contributed by atoms with Crippen LogP contribution < -0.4 is 15.4 Å². The Hall–Kier alpha value is -2.29. The minimum absolute atomic E-state index is 0. The van der Waals surface area contributed by atoms with Crippen molar-refractivity contribution in [1.82, 2.24) is 15.5 Å². The second-order valence-electron chi connectivity index (χ2n) is 7.89. The van der Waals surface area contributed by atoms with Crippen LogP contribution in [0.2, 0.25) is 0 Å². The lowest BCUT2D eigenvalue weighted by molar-refractivity contribution is 0.0827. The maximum absolute atomic E-state index is 12.0. The average Bonchev–Trinajstić information content (AvgIpc) is 2.76. The third-order valence-electron chi connectivity index (χ3n) is 4.94. The standard InChI is InChI=1S/C25H36N4O2.HI/c1-7-19(4)31-23-15-18(3)9-12-22(23)17-28-25(26-8-2)27-16-20-10-13-21(14-11-20)24(30)29(5)6;/h9-15,19H,7-8,16-17H2,1-6H3,(H2,26,27,28);1H. The monoisotopic (exact) mass is 552 g/mol. The molecule has 0 heterocycles. The summed E-state index contributed by atoms with van der Waals surface area (Å²) in [5, 5.41) is 6.69. The number of hydrogen-bond donors (Lipinski definition) is 2. The maximum atomic E-state index is 12.0. The molecule has 1 amide bonds. The van der Waals surface area contributed by atoms with E-state index < -0.39 is 0 Å². The van der Waals surface area contributed by atoms with Crippen molar-refractivity contribution in [3.05, 3.63) is 64.7 Å². The van der Waals surface area contributed by atoms with Crippen molar-refractivity contribution in [2.45, 2.75) is 53.3 Å². The summed E-state index contributed by atoms with van der Waals surface area (Å²) in [5.41, 5.74) is 4.00. The topological polar surface area (TPSA) is 66.0 Å². The first-order chi connectivity index (χ1) is 14.8. The van der Waals surface area contributed by atoms with E-state index in [0.717, 1.165) is 35.8 Å². The molecule has 7 heteroatoms. The normalized spacial score (nSPS) is 11.9. The molecule has 32 heavy (non-hydrogen) atoms. The Balaban J connectivity index is 0.00000512. The number of rotatable bonds is 9. The first-order valence-electron chi connectivity index (χ1n) is 10.9. The molecule has 0 spiro atoms. The van der Waals surface area contributed by atoms with Crippen LogP contribution in [0.1, 0.15) is 54.2 Å². The Kier molecular flexibility index (Phi) is 12.1. The van der Waals surface area contributed by atoms with E-state index in [-0.39, 0.29) is 36.0 Å². The molecule has 2 aromatic rings. The highest BCUT2D eigenvalue weighted by atomic mass is 127. The van der Waals surface area contributed by atoms with Crippen LogP contribution in [0.4, 0.5) is 0 Å². The van der Waals surface area contributed by atoms with E-state index in [1.807, 2.05) is 31.2 Å². The lowest BCUT2D eigenvalue weighted by Crippen LogP contribution is -2.37. The number of carbonyl (C=O) groups excluding carboxylic acids is 1. The zero-order valence-electron chi connectivity index (χ0n) is 20.1. The highest BCUT2D eigenvalue weighted by Crippen LogP contribution is 2.22. The van der Waals surface area contributed by atoms with E-state index in [4.69, 9.17) is 9.73 Å². The average molecular weight is 553 g/mol.